The van der Waals surface area contributed by atoms with Crippen LogP contribution in [0.2, 0.25) is 0 Å². The van der Waals surface area contributed by atoms with E-state index in [1.165, 1.54) is 0 Å². The first kappa shape index (κ1) is 21.9. The Labute approximate surface area is 191 Å². The van der Waals surface area contributed by atoms with Crippen LogP contribution in [0.4, 0.5) is 5.69 Å². The van der Waals surface area contributed by atoms with Crippen molar-refractivity contribution in [3.05, 3.63) is 96.1 Å². The van der Waals surface area contributed by atoms with Crippen molar-refractivity contribution in [2.45, 2.75) is 12.5 Å². The minimum atomic E-state index is -0.539. The minimum absolute atomic E-state index is 0.196. The lowest BCUT2D eigenvalue weighted by atomic mass is 10.0. The molecule has 0 aliphatic carbocycles. The van der Waals surface area contributed by atoms with Crippen LogP contribution in [0.25, 0.3) is 11.4 Å². The van der Waals surface area contributed by atoms with E-state index in [4.69, 9.17) is 5.26 Å². The average molecular weight is 438 g/mol. The summed E-state index contributed by atoms with van der Waals surface area (Å²) in [6.45, 7) is 0.593. The Morgan fingerprint density at radius 2 is 1.79 bits per heavy atom. The summed E-state index contributed by atoms with van der Waals surface area (Å²) in [6.07, 6.45) is 7.43. The third kappa shape index (κ3) is 5.67. The van der Waals surface area contributed by atoms with Crippen LogP contribution >= 0.6 is 0 Å². The second-order valence-corrected chi connectivity index (χ2v) is 7.54. The Kier molecular flexibility index (Phi) is 6.83. The number of nitrogens with zero attached hydrogens (tertiary/aromatic N) is 5. The van der Waals surface area contributed by atoms with Crippen molar-refractivity contribution in [1.29, 1.82) is 5.26 Å². The topological polar surface area (TPSA) is 109 Å². The smallest absolute Gasteiger partial charge is 0.246 e. The molecule has 0 fully saturated rings. The monoisotopic (exact) mass is 437 g/mol. The highest BCUT2D eigenvalue weighted by molar-refractivity contribution is 5.95. The molecule has 0 aliphatic heterocycles. The first-order valence-electron chi connectivity index (χ1n) is 10.5. The van der Waals surface area contributed by atoms with E-state index in [0.29, 0.717) is 23.6 Å². The molecular weight excluding hydrogens is 414 g/mol. The van der Waals surface area contributed by atoms with Crippen molar-refractivity contribution in [1.82, 2.24) is 25.1 Å². The predicted octanol–water partition coefficient (Wildman–Crippen LogP) is 3.26. The highest BCUT2D eigenvalue weighted by Crippen LogP contribution is 2.18. The van der Waals surface area contributed by atoms with Gasteiger partial charge in [-0.15, -0.1) is 0 Å². The van der Waals surface area contributed by atoms with Crippen molar-refractivity contribution in [3.63, 3.8) is 0 Å². The van der Waals surface area contributed by atoms with E-state index in [0.717, 1.165) is 23.1 Å². The Balaban J connectivity index is 1.42. The highest BCUT2D eigenvalue weighted by Gasteiger charge is 2.20. The van der Waals surface area contributed by atoms with Gasteiger partial charge in [-0.05, 0) is 29.7 Å². The second-order valence-electron chi connectivity index (χ2n) is 7.54. The number of rotatable bonds is 8. The normalized spacial score (nSPS) is 11.5. The predicted molar refractivity (Wildman–Crippen MR) is 125 cm³/mol. The molecule has 2 aromatic carbocycles. The maximum atomic E-state index is 13.1. The van der Waals surface area contributed by atoms with Gasteiger partial charge in [0.25, 0.3) is 0 Å². The summed E-state index contributed by atoms with van der Waals surface area (Å²) in [5.41, 5.74) is 3.91. The van der Waals surface area contributed by atoms with E-state index >= 15 is 0 Å². The van der Waals surface area contributed by atoms with E-state index in [1.807, 2.05) is 55.7 Å². The SMILES string of the molecule is Cn1cc(-c2ncc(NC(=O)[C@H](NCCc3ccc(C#N)cc3)c3ccccc3)cn2)cn1. The van der Waals surface area contributed by atoms with Crippen molar-refractivity contribution >= 4 is 11.6 Å². The second kappa shape index (κ2) is 10.3. The Hall–Kier alpha value is -4.35. The maximum absolute atomic E-state index is 13.1. The Morgan fingerprint density at radius 1 is 1.06 bits per heavy atom. The van der Waals surface area contributed by atoms with Crippen molar-refractivity contribution < 1.29 is 4.79 Å². The fraction of sp³-hybridized carbons (Fsp3) is 0.160. The number of anilines is 1. The highest BCUT2D eigenvalue weighted by atomic mass is 16.2. The largest absolute Gasteiger partial charge is 0.322 e. The molecule has 2 N–H and O–H groups in total. The standard InChI is InChI=1S/C25H23N7O/c1-32-17-21(14-30-32)24-28-15-22(16-29-24)31-25(33)23(20-5-3-2-4-6-20)27-12-11-18-7-9-19(13-26)10-8-18/h2-10,14-17,23,27H,11-12H2,1H3,(H,31,33)/t23-/m1/s1. The van der Waals surface area contributed by atoms with Gasteiger partial charge in [0.2, 0.25) is 5.91 Å². The number of hydrogen-bond donors (Lipinski definition) is 2. The van der Waals surface area contributed by atoms with Crippen LogP contribution in [-0.4, -0.2) is 32.2 Å². The number of carbonyl (C=O) groups excluding carboxylic acids is 1. The third-order valence-electron chi connectivity index (χ3n) is 5.12. The molecule has 2 heterocycles. The lowest BCUT2D eigenvalue weighted by molar-refractivity contribution is -0.118. The van der Waals surface area contributed by atoms with Gasteiger partial charge < -0.3 is 10.6 Å². The molecule has 2 aromatic heterocycles. The third-order valence-corrected chi connectivity index (χ3v) is 5.12. The molecule has 0 aliphatic rings. The van der Waals surface area contributed by atoms with Gasteiger partial charge in [-0.25, -0.2) is 9.97 Å². The summed E-state index contributed by atoms with van der Waals surface area (Å²) in [6, 6.07) is 18.6. The summed E-state index contributed by atoms with van der Waals surface area (Å²) < 4.78 is 1.68. The molecule has 0 saturated heterocycles. The molecule has 164 valence electrons. The van der Waals surface area contributed by atoms with E-state index < -0.39 is 6.04 Å². The van der Waals surface area contributed by atoms with E-state index in [-0.39, 0.29) is 5.91 Å². The number of aromatic nitrogens is 4. The quantitative estimate of drug-likeness (QED) is 0.438. The van der Waals surface area contributed by atoms with Gasteiger partial charge in [0.05, 0.1) is 41.5 Å². The number of nitrogens with one attached hydrogen (secondary N) is 2. The molecule has 0 bridgehead atoms. The fourth-order valence-electron chi connectivity index (χ4n) is 3.41. The number of amides is 1. The van der Waals surface area contributed by atoms with Crippen LogP contribution in [0.5, 0.6) is 0 Å². The van der Waals surface area contributed by atoms with Gasteiger partial charge in [-0.2, -0.15) is 10.4 Å². The molecule has 8 nitrogen and oxygen atoms in total. The van der Waals surface area contributed by atoms with Gasteiger partial charge >= 0.3 is 0 Å². The first-order chi connectivity index (χ1) is 16.1. The van der Waals surface area contributed by atoms with E-state index in [1.54, 1.807) is 35.4 Å². The number of carbonyl (C=O) groups is 1. The lowest BCUT2D eigenvalue weighted by Gasteiger charge is -2.19. The van der Waals surface area contributed by atoms with Gasteiger partial charge in [0.1, 0.15) is 6.04 Å². The zero-order chi connectivity index (χ0) is 23.0. The molecule has 0 spiro atoms. The fourth-order valence-corrected chi connectivity index (χ4v) is 3.41. The maximum Gasteiger partial charge on any atom is 0.246 e. The molecule has 33 heavy (non-hydrogen) atoms. The van der Waals surface area contributed by atoms with Crippen molar-refractivity contribution in [2.24, 2.45) is 7.05 Å². The zero-order valence-electron chi connectivity index (χ0n) is 18.1. The van der Waals surface area contributed by atoms with Crippen LogP contribution in [0, 0.1) is 11.3 Å². The van der Waals surface area contributed by atoms with Crippen LogP contribution < -0.4 is 10.6 Å². The van der Waals surface area contributed by atoms with E-state index in [2.05, 4.69) is 31.8 Å². The van der Waals surface area contributed by atoms with Crippen molar-refractivity contribution in [3.8, 4) is 17.5 Å². The molecule has 1 atom stereocenters. The first-order valence-corrected chi connectivity index (χ1v) is 10.5. The summed E-state index contributed by atoms with van der Waals surface area (Å²) in [4.78, 5) is 21.8. The molecule has 4 rings (SSSR count). The van der Waals surface area contributed by atoms with Gasteiger partial charge in [0, 0.05) is 19.8 Å². The lowest BCUT2D eigenvalue weighted by Crippen LogP contribution is -2.34. The van der Waals surface area contributed by atoms with Crippen LogP contribution in [0.15, 0.2) is 79.4 Å². The van der Waals surface area contributed by atoms with Crippen LogP contribution in [0.3, 0.4) is 0 Å². The van der Waals surface area contributed by atoms with Crippen LogP contribution in [0.1, 0.15) is 22.7 Å². The van der Waals surface area contributed by atoms with Gasteiger partial charge in [-0.3, -0.25) is 9.48 Å². The minimum Gasteiger partial charge on any atom is -0.322 e. The molecule has 8 heteroatoms. The number of benzene rings is 2. The van der Waals surface area contributed by atoms with E-state index in [9.17, 15) is 4.79 Å². The summed E-state index contributed by atoms with van der Waals surface area (Å²) in [7, 11) is 1.83. The molecule has 0 unspecified atom stereocenters. The number of aryl methyl sites for hydroxylation is 1. The number of nitriles is 1. The Bertz CT molecular complexity index is 1240. The summed E-state index contributed by atoms with van der Waals surface area (Å²) in [5.74, 6) is 0.347. The Morgan fingerprint density at radius 3 is 2.42 bits per heavy atom. The number of hydrogen-bond acceptors (Lipinski definition) is 6. The molecule has 0 radical (unpaired) electrons. The summed E-state index contributed by atoms with van der Waals surface area (Å²) >= 11 is 0. The molecule has 4 aromatic rings. The molecule has 1 amide bonds. The zero-order valence-corrected chi connectivity index (χ0v) is 18.1. The van der Waals surface area contributed by atoms with Gasteiger partial charge in [-0.1, -0.05) is 42.5 Å². The van der Waals surface area contributed by atoms with Crippen molar-refractivity contribution in [2.75, 3.05) is 11.9 Å². The molecular formula is C25H23N7O. The summed E-state index contributed by atoms with van der Waals surface area (Å²) in [5, 5.41) is 19.3. The molecule has 0 saturated carbocycles. The average Bonchev–Trinajstić information content (AvgIpc) is 3.29. The van der Waals surface area contributed by atoms with Crippen LogP contribution in [-0.2, 0) is 18.3 Å². The van der Waals surface area contributed by atoms with Gasteiger partial charge in [0.15, 0.2) is 5.82 Å².